The molecule has 3 rings (SSSR count). The first-order chi connectivity index (χ1) is 10.1. The third-order valence-electron chi connectivity index (χ3n) is 3.50. The predicted octanol–water partition coefficient (Wildman–Crippen LogP) is 4.38. The van der Waals surface area contributed by atoms with E-state index in [1.165, 1.54) is 12.1 Å². The van der Waals surface area contributed by atoms with Crippen molar-refractivity contribution in [2.24, 2.45) is 5.73 Å². The lowest BCUT2D eigenvalue weighted by Gasteiger charge is -2.14. The summed E-state index contributed by atoms with van der Waals surface area (Å²) in [7, 11) is 0. The molecule has 2 N–H and O–H groups in total. The molecule has 1 heterocycles. The van der Waals surface area contributed by atoms with Gasteiger partial charge in [0.15, 0.2) is 0 Å². The molecule has 1 atom stereocenters. The minimum Gasteiger partial charge on any atom is -0.322 e. The smallest absolute Gasteiger partial charge is 0.123 e. The molecule has 1 aromatic heterocycles. The van der Waals surface area contributed by atoms with Gasteiger partial charge in [-0.15, -0.1) is 0 Å². The van der Waals surface area contributed by atoms with E-state index in [0.717, 1.165) is 26.5 Å². The zero-order valence-electron chi connectivity index (χ0n) is 11.3. The van der Waals surface area contributed by atoms with Crippen LogP contribution < -0.4 is 5.73 Å². The molecule has 0 fully saturated rings. The molecule has 0 amide bonds. The molecule has 2 aromatic carbocycles. The largest absolute Gasteiger partial charge is 0.322 e. The maximum absolute atomic E-state index is 13.4. The van der Waals surface area contributed by atoms with Crippen LogP contribution in [0.5, 0.6) is 0 Å². The maximum Gasteiger partial charge on any atom is 0.123 e. The zero-order valence-corrected chi connectivity index (χ0v) is 12.8. The fourth-order valence-corrected chi connectivity index (χ4v) is 2.88. The molecule has 0 saturated carbocycles. The van der Waals surface area contributed by atoms with E-state index in [4.69, 9.17) is 5.73 Å². The summed E-state index contributed by atoms with van der Waals surface area (Å²) < 4.78 is 14.2. The predicted molar refractivity (Wildman–Crippen MR) is 86.5 cm³/mol. The lowest BCUT2D eigenvalue weighted by Crippen LogP contribution is -2.15. The van der Waals surface area contributed by atoms with E-state index in [9.17, 15) is 4.39 Å². The van der Waals surface area contributed by atoms with Crippen LogP contribution in [0.25, 0.3) is 10.8 Å². The molecule has 0 aliphatic rings. The second-order valence-electron chi connectivity index (χ2n) is 4.96. The van der Waals surface area contributed by atoms with Crippen molar-refractivity contribution in [2.45, 2.75) is 12.5 Å². The van der Waals surface area contributed by atoms with Crippen molar-refractivity contribution >= 4 is 26.7 Å². The first-order valence-electron chi connectivity index (χ1n) is 6.68. The average molecular weight is 345 g/mol. The van der Waals surface area contributed by atoms with E-state index in [2.05, 4.69) is 20.9 Å². The summed E-state index contributed by atoms with van der Waals surface area (Å²) in [4.78, 5) is 4.42. The minimum absolute atomic E-state index is 0.258. The van der Waals surface area contributed by atoms with Gasteiger partial charge in [0.05, 0.1) is 11.7 Å². The van der Waals surface area contributed by atoms with Gasteiger partial charge in [-0.2, -0.15) is 0 Å². The lowest BCUT2D eigenvalue weighted by molar-refractivity contribution is 0.620. The van der Waals surface area contributed by atoms with Gasteiger partial charge in [-0.3, -0.25) is 4.98 Å². The van der Waals surface area contributed by atoms with Crippen molar-refractivity contribution in [3.8, 4) is 0 Å². The Bertz CT molecular complexity index is 783. The molecule has 4 heteroatoms. The lowest BCUT2D eigenvalue weighted by atomic mass is 9.99. The van der Waals surface area contributed by atoms with Crippen molar-refractivity contribution in [3.63, 3.8) is 0 Å². The molecule has 3 aromatic rings. The molecular formula is C17H14BrFN2. The molecule has 0 aliphatic heterocycles. The fourth-order valence-electron chi connectivity index (χ4n) is 2.47. The summed E-state index contributed by atoms with van der Waals surface area (Å²) in [6.45, 7) is 0. The summed E-state index contributed by atoms with van der Waals surface area (Å²) in [6, 6.07) is 14.3. The van der Waals surface area contributed by atoms with Crippen molar-refractivity contribution < 1.29 is 4.39 Å². The van der Waals surface area contributed by atoms with Crippen LogP contribution in [0.1, 0.15) is 17.3 Å². The zero-order chi connectivity index (χ0) is 14.8. The molecule has 21 heavy (non-hydrogen) atoms. The van der Waals surface area contributed by atoms with Crippen molar-refractivity contribution in [3.05, 3.63) is 76.3 Å². The molecular weight excluding hydrogens is 331 g/mol. The number of hydrogen-bond acceptors (Lipinski definition) is 2. The van der Waals surface area contributed by atoms with E-state index < -0.39 is 0 Å². The third kappa shape index (κ3) is 2.96. The highest BCUT2D eigenvalue weighted by molar-refractivity contribution is 9.10. The Morgan fingerprint density at radius 1 is 1.14 bits per heavy atom. The summed E-state index contributed by atoms with van der Waals surface area (Å²) in [6.07, 6.45) is 2.29. The topological polar surface area (TPSA) is 38.9 Å². The number of halogens is 2. The molecule has 0 saturated heterocycles. The summed E-state index contributed by atoms with van der Waals surface area (Å²) >= 11 is 3.44. The van der Waals surface area contributed by atoms with Gasteiger partial charge >= 0.3 is 0 Å². The minimum atomic E-state index is -0.283. The Balaban J connectivity index is 1.97. The number of nitrogens with two attached hydrogens (primary N) is 1. The summed E-state index contributed by atoms with van der Waals surface area (Å²) in [5.41, 5.74) is 7.99. The van der Waals surface area contributed by atoms with Crippen LogP contribution in [-0.2, 0) is 6.42 Å². The van der Waals surface area contributed by atoms with Crippen LogP contribution in [0.15, 0.2) is 59.2 Å². The molecule has 2 nitrogen and oxygen atoms in total. The number of nitrogens with zero attached hydrogens (tertiary/aromatic N) is 1. The van der Waals surface area contributed by atoms with Crippen LogP contribution in [0.3, 0.4) is 0 Å². The number of fused-ring (bicyclic) bond motifs is 1. The molecule has 0 aliphatic carbocycles. The number of hydrogen-bond donors (Lipinski definition) is 1. The van der Waals surface area contributed by atoms with E-state index in [1.54, 1.807) is 12.3 Å². The van der Waals surface area contributed by atoms with Crippen LogP contribution in [0.4, 0.5) is 4.39 Å². The van der Waals surface area contributed by atoms with Gasteiger partial charge in [0.25, 0.3) is 0 Å². The molecule has 0 spiro atoms. The monoisotopic (exact) mass is 344 g/mol. The third-order valence-corrected chi connectivity index (χ3v) is 4.28. The second kappa shape index (κ2) is 5.92. The Hall–Kier alpha value is -1.78. The fraction of sp³-hybridized carbons (Fsp3) is 0.118. The van der Waals surface area contributed by atoms with Crippen LogP contribution in [-0.4, -0.2) is 4.98 Å². The van der Waals surface area contributed by atoms with E-state index in [-0.39, 0.29) is 11.9 Å². The highest BCUT2D eigenvalue weighted by Crippen LogP contribution is 2.26. The van der Waals surface area contributed by atoms with Gasteiger partial charge < -0.3 is 5.73 Å². The van der Waals surface area contributed by atoms with Gasteiger partial charge in [-0.05, 0) is 41.6 Å². The standard InChI is InChI=1S/C17H14BrFN2/c18-15-6-5-13(19)9-12(15)10-16(20)17-14-4-2-1-3-11(14)7-8-21-17/h1-9,16H,10,20H2. The van der Waals surface area contributed by atoms with Crippen molar-refractivity contribution in [1.29, 1.82) is 0 Å². The van der Waals surface area contributed by atoms with Gasteiger partial charge in [0.1, 0.15) is 5.82 Å². The SMILES string of the molecule is NC(Cc1cc(F)ccc1Br)c1nccc2ccccc12. The highest BCUT2D eigenvalue weighted by atomic mass is 79.9. The normalized spacial score (nSPS) is 12.5. The summed E-state index contributed by atoms with van der Waals surface area (Å²) in [5.74, 6) is -0.258. The molecule has 1 unspecified atom stereocenters. The average Bonchev–Trinajstić information content (AvgIpc) is 2.50. The van der Waals surface area contributed by atoms with Gasteiger partial charge in [0.2, 0.25) is 0 Å². The van der Waals surface area contributed by atoms with E-state index in [1.807, 2.05) is 30.3 Å². The number of rotatable bonds is 3. The molecule has 106 valence electrons. The Morgan fingerprint density at radius 2 is 1.95 bits per heavy atom. The number of aromatic nitrogens is 1. The Labute approximate surface area is 130 Å². The number of benzene rings is 2. The van der Waals surface area contributed by atoms with Crippen LogP contribution in [0, 0.1) is 5.82 Å². The Morgan fingerprint density at radius 3 is 2.81 bits per heavy atom. The number of pyridine rings is 1. The summed E-state index contributed by atoms with van der Waals surface area (Å²) in [5, 5.41) is 2.15. The quantitative estimate of drug-likeness (QED) is 0.765. The van der Waals surface area contributed by atoms with Gasteiger partial charge in [-0.1, -0.05) is 40.2 Å². The van der Waals surface area contributed by atoms with E-state index >= 15 is 0 Å². The van der Waals surface area contributed by atoms with E-state index in [0.29, 0.717) is 6.42 Å². The van der Waals surface area contributed by atoms with Gasteiger partial charge in [0, 0.05) is 16.1 Å². The highest BCUT2D eigenvalue weighted by Gasteiger charge is 2.14. The van der Waals surface area contributed by atoms with Crippen LogP contribution in [0.2, 0.25) is 0 Å². The van der Waals surface area contributed by atoms with Crippen molar-refractivity contribution in [2.75, 3.05) is 0 Å². The van der Waals surface area contributed by atoms with Crippen molar-refractivity contribution in [1.82, 2.24) is 4.98 Å². The Kier molecular flexibility index (Phi) is 3.99. The maximum atomic E-state index is 13.4. The molecule has 0 bridgehead atoms. The molecule has 0 radical (unpaired) electrons. The second-order valence-corrected chi connectivity index (χ2v) is 5.82. The van der Waals surface area contributed by atoms with Gasteiger partial charge in [-0.25, -0.2) is 4.39 Å². The first-order valence-corrected chi connectivity index (χ1v) is 7.47. The first kappa shape index (κ1) is 14.2. The van der Waals surface area contributed by atoms with Crippen LogP contribution >= 0.6 is 15.9 Å².